The Hall–Kier alpha value is -2.81. The van der Waals surface area contributed by atoms with Gasteiger partial charge in [0.25, 0.3) is 5.91 Å². The fraction of sp³-hybridized carbons (Fsp3) is 0.0714. The summed E-state index contributed by atoms with van der Waals surface area (Å²) in [5.74, 6) is 0.146. The van der Waals surface area contributed by atoms with E-state index in [0.717, 1.165) is 11.5 Å². The van der Waals surface area contributed by atoms with Gasteiger partial charge in [0.2, 0.25) is 5.13 Å². The van der Waals surface area contributed by atoms with E-state index in [1.165, 1.54) is 24.5 Å². The second-order valence-corrected chi connectivity index (χ2v) is 5.01. The lowest BCUT2D eigenvalue weighted by molar-refractivity contribution is -0.0498. The molecule has 1 amide bonds. The number of benzene rings is 1. The van der Waals surface area contributed by atoms with E-state index in [2.05, 4.69) is 19.4 Å². The average Bonchev–Trinajstić information content (AvgIpc) is 3.18. The molecule has 2 heterocycles. The summed E-state index contributed by atoms with van der Waals surface area (Å²) in [6.45, 7) is -2.87. The number of hydrogen-bond acceptors (Lipinski definition) is 6. The number of nitrogens with one attached hydrogen (secondary N) is 1. The maximum absolute atomic E-state index is 12.1. The topological polar surface area (TPSA) is 77.2 Å². The van der Waals surface area contributed by atoms with Gasteiger partial charge in [-0.3, -0.25) is 10.1 Å². The number of carbonyl (C=O) groups is 1. The van der Waals surface area contributed by atoms with Crippen LogP contribution in [0.25, 0.3) is 11.4 Å². The fourth-order valence-corrected chi connectivity index (χ4v) is 2.33. The molecule has 0 spiro atoms. The highest BCUT2D eigenvalue weighted by molar-refractivity contribution is 7.10. The number of ether oxygens (including phenoxy) is 1. The molecular formula is C14H9F2N3O3S. The van der Waals surface area contributed by atoms with Crippen LogP contribution in [0.4, 0.5) is 13.9 Å². The lowest BCUT2D eigenvalue weighted by Gasteiger charge is -2.03. The molecule has 23 heavy (non-hydrogen) atoms. The van der Waals surface area contributed by atoms with Gasteiger partial charge in [-0.2, -0.15) is 18.1 Å². The van der Waals surface area contributed by atoms with Crippen LogP contribution in [0.15, 0.2) is 47.1 Å². The normalized spacial score (nSPS) is 10.7. The molecule has 0 radical (unpaired) electrons. The molecule has 6 nitrogen and oxygen atoms in total. The molecule has 3 aromatic rings. The van der Waals surface area contributed by atoms with E-state index in [0.29, 0.717) is 16.5 Å². The van der Waals surface area contributed by atoms with Crippen LogP contribution in [0.2, 0.25) is 0 Å². The monoisotopic (exact) mass is 337 g/mol. The highest BCUT2D eigenvalue weighted by Crippen LogP contribution is 2.24. The largest absolute Gasteiger partial charge is 0.459 e. The number of aromatic nitrogens is 2. The second kappa shape index (κ2) is 6.53. The van der Waals surface area contributed by atoms with Crippen LogP contribution in [0.5, 0.6) is 5.75 Å². The molecule has 9 heteroatoms. The van der Waals surface area contributed by atoms with Gasteiger partial charge in [0.1, 0.15) is 5.75 Å². The summed E-state index contributed by atoms with van der Waals surface area (Å²) in [5.41, 5.74) is 0.612. The minimum atomic E-state index is -2.87. The summed E-state index contributed by atoms with van der Waals surface area (Å²) in [4.78, 5) is 16.0. The number of halogens is 2. The number of anilines is 1. The molecule has 0 aliphatic carbocycles. The Balaban J connectivity index is 1.70. The van der Waals surface area contributed by atoms with E-state index in [1.54, 1.807) is 18.2 Å². The number of furan rings is 1. The van der Waals surface area contributed by atoms with Crippen LogP contribution in [0.3, 0.4) is 0 Å². The van der Waals surface area contributed by atoms with Crippen LogP contribution in [-0.2, 0) is 0 Å². The Morgan fingerprint density at radius 3 is 2.70 bits per heavy atom. The molecule has 0 aliphatic heterocycles. The van der Waals surface area contributed by atoms with Crippen molar-refractivity contribution in [2.24, 2.45) is 0 Å². The van der Waals surface area contributed by atoms with Gasteiger partial charge in [0.15, 0.2) is 11.6 Å². The molecule has 0 unspecified atom stereocenters. The predicted octanol–water partition coefficient (Wildman–Crippen LogP) is 3.65. The Bertz CT molecular complexity index is 788. The van der Waals surface area contributed by atoms with Crippen molar-refractivity contribution in [2.75, 3.05) is 5.32 Å². The highest BCUT2D eigenvalue weighted by Gasteiger charge is 2.13. The Morgan fingerprint density at radius 2 is 2.04 bits per heavy atom. The van der Waals surface area contributed by atoms with Gasteiger partial charge in [0, 0.05) is 17.1 Å². The van der Waals surface area contributed by atoms with Crippen molar-refractivity contribution in [1.82, 2.24) is 9.36 Å². The van der Waals surface area contributed by atoms with Gasteiger partial charge in [-0.15, -0.1) is 0 Å². The van der Waals surface area contributed by atoms with Crippen molar-refractivity contribution >= 4 is 22.6 Å². The first-order chi connectivity index (χ1) is 11.1. The standard InChI is InChI=1S/C14H9F2N3O3S/c15-13(16)22-9-5-3-8(4-6-9)11-17-14(23-19-11)18-12(20)10-2-1-7-21-10/h1-7,13H,(H,17,18,19,20). The maximum atomic E-state index is 12.1. The van der Waals surface area contributed by atoms with Crippen molar-refractivity contribution in [2.45, 2.75) is 6.61 Å². The average molecular weight is 337 g/mol. The molecule has 0 atom stereocenters. The molecule has 118 valence electrons. The van der Waals surface area contributed by atoms with Crippen molar-refractivity contribution in [3.05, 3.63) is 48.4 Å². The zero-order valence-corrected chi connectivity index (χ0v) is 12.2. The summed E-state index contributed by atoms with van der Waals surface area (Å²) in [7, 11) is 0. The fourth-order valence-electron chi connectivity index (χ4n) is 1.74. The van der Waals surface area contributed by atoms with Gasteiger partial charge < -0.3 is 9.15 Å². The summed E-state index contributed by atoms with van der Waals surface area (Å²) < 4.78 is 37.5. The molecule has 0 aliphatic rings. The van der Waals surface area contributed by atoms with E-state index in [9.17, 15) is 13.6 Å². The van der Waals surface area contributed by atoms with Crippen LogP contribution in [-0.4, -0.2) is 21.9 Å². The Morgan fingerprint density at radius 1 is 1.26 bits per heavy atom. The number of nitrogens with zero attached hydrogens (tertiary/aromatic N) is 2. The van der Waals surface area contributed by atoms with Crippen molar-refractivity contribution in [1.29, 1.82) is 0 Å². The smallest absolute Gasteiger partial charge is 0.387 e. The maximum Gasteiger partial charge on any atom is 0.387 e. The first kappa shape index (κ1) is 15.1. The molecule has 1 N–H and O–H groups in total. The minimum absolute atomic E-state index is 0.0466. The van der Waals surface area contributed by atoms with Crippen molar-refractivity contribution in [3.8, 4) is 17.1 Å². The van der Waals surface area contributed by atoms with E-state index >= 15 is 0 Å². The SMILES string of the molecule is O=C(Nc1nc(-c2ccc(OC(F)F)cc2)ns1)c1ccco1. The molecule has 2 aromatic heterocycles. The molecule has 0 saturated heterocycles. The highest BCUT2D eigenvalue weighted by atomic mass is 32.1. The lowest BCUT2D eigenvalue weighted by Crippen LogP contribution is -2.10. The number of alkyl halides is 2. The molecule has 0 fully saturated rings. The summed E-state index contributed by atoms with van der Waals surface area (Å²) >= 11 is 0.999. The zero-order valence-electron chi connectivity index (χ0n) is 11.4. The van der Waals surface area contributed by atoms with Crippen LogP contribution in [0, 0.1) is 0 Å². The molecular weight excluding hydrogens is 328 g/mol. The first-order valence-electron chi connectivity index (χ1n) is 6.35. The van der Waals surface area contributed by atoms with Crippen molar-refractivity contribution in [3.63, 3.8) is 0 Å². The summed E-state index contributed by atoms with van der Waals surface area (Å²) in [6.07, 6.45) is 1.39. The van der Waals surface area contributed by atoms with E-state index < -0.39 is 12.5 Å². The lowest BCUT2D eigenvalue weighted by atomic mass is 10.2. The molecule has 1 aromatic carbocycles. The van der Waals surface area contributed by atoms with E-state index in [-0.39, 0.29) is 11.5 Å². The third-order valence-electron chi connectivity index (χ3n) is 2.73. The number of amides is 1. The van der Waals surface area contributed by atoms with Crippen LogP contribution < -0.4 is 10.1 Å². The van der Waals surface area contributed by atoms with Gasteiger partial charge in [-0.25, -0.2) is 0 Å². The summed E-state index contributed by atoms with van der Waals surface area (Å²) in [5, 5.41) is 2.86. The van der Waals surface area contributed by atoms with E-state index in [4.69, 9.17) is 4.42 Å². The van der Waals surface area contributed by atoms with Gasteiger partial charge in [0.05, 0.1) is 6.26 Å². The second-order valence-electron chi connectivity index (χ2n) is 4.26. The minimum Gasteiger partial charge on any atom is -0.459 e. The predicted molar refractivity (Wildman–Crippen MR) is 78.6 cm³/mol. The third kappa shape index (κ3) is 3.69. The van der Waals surface area contributed by atoms with Crippen LogP contribution in [0.1, 0.15) is 10.6 Å². The third-order valence-corrected chi connectivity index (χ3v) is 3.36. The summed E-state index contributed by atoms with van der Waals surface area (Å²) in [6, 6.07) is 9.02. The first-order valence-corrected chi connectivity index (χ1v) is 7.13. The molecule has 0 saturated carbocycles. The van der Waals surface area contributed by atoms with Crippen LogP contribution >= 0.6 is 11.5 Å². The van der Waals surface area contributed by atoms with Gasteiger partial charge in [-0.05, 0) is 36.4 Å². The molecule has 0 bridgehead atoms. The Kier molecular flexibility index (Phi) is 4.29. The number of rotatable bonds is 5. The van der Waals surface area contributed by atoms with E-state index in [1.807, 2.05) is 0 Å². The number of hydrogen-bond donors (Lipinski definition) is 1. The van der Waals surface area contributed by atoms with Gasteiger partial charge in [-0.1, -0.05) is 0 Å². The molecule has 3 rings (SSSR count). The Labute approximate surface area is 132 Å². The van der Waals surface area contributed by atoms with Crippen molar-refractivity contribution < 1.29 is 22.7 Å². The van der Waals surface area contributed by atoms with Gasteiger partial charge >= 0.3 is 6.61 Å². The number of carbonyl (C=O) groups excluding carboxylic acids is 1. The quantitative estimate of drug-likeness (QED) is 0.769. The zero-order chi connectivity index (χ0) is 16.2.